The van der Waals surface area contributed by atoms with E-state index < -0.39 is 10.0 Å². The van der Waals surface area contributed by atoms with Crippen molar-refractivity contribution >= 4 is 51.6 Å². The van der Waals surface area contributed by atoms with Gasteiger partial charge in [-0.15, -0.1) is 24.0 Å². The number of nitrogens with zero attached hydrogens (tertiary/aromatic N) is 1. The van der Waals surface area contributed by atoms with E-state index in [1.165, 1.54) is 6.42 Å². The lowest BCUT2D eigenvalue weighted by molar-refractivity contribution is 0.316. The summed E-state index contributed by atoms with van der Waals surface area (Å²) in [5.74, 6) is 1.09. The van der Waals surface area contributed by atoms with Crippen LogP contribution in [0.4, 0.5) is 0 Å². The van der Waals surface area contributed by atoms with Gasteiger partial charge in [0.1, 0.15) is 0 Å². The topological polar surface area (TPSA) is 82.6 Å². The number of guanidine groups is 1. The molecule has 0 bridgehead atoms. The van der Waals surface area contributed by atoms with Crippen LogP contribution < -0.4 is 15.4 Å². The highest BCUT2D eigenvalue weighted by molar-refractivity contribution is 14.0. The van der Waals surface area contributed by atoms with Crippen LogP contribution in [0.15, 0.2) is 29.3 Å². The van der Waals surface area contributed by atoms with Gasteiger partial charge in [-0.25, -0.2) is 13.1 Å². The standard InChI is InChI=1S/C18H29ClN4O2S.HI/c1-3-20-18(23-14(2)16-8-5-9-17(19)12-16)21-10-11-26(24,25)22-13-15-6-4-7-15;/h5,8-9,12,14-15,22H,3-4,6-7,10-11,13H2,1-2H3,(H2,20,21,23);1H. The van der Waals surface area contributed by atoms with E-state index in [0.717, 1.165) is 18.4 Å². The Hall–Kier alpha value is -0.580. The minimum atomic E-state index is -3.28. The predicted octanol–water partition coefficient (Wildman–Crippen LogP) is 3.29. The summed E-state index contributed by atoms with van der Waals surface area (Å²) in [5.41, 5.74) is 1.04. The zero-order valence-electron chi connectivity index (χ0n) is 15.9. The van der Waals surface area contributed by atoms with Gasteiger partial charge in [-0.2, -0.15) is 0 Å². The Balaban J connectivity index is 0.00000364. The second kappa shape index (κ2) is 12.1. The van der Waals surface area contributed by atoms with Crippen LogP contribution in [0.5, 0.6) is 0 Å². The van der Waals surface area contributed by atoms with Crippen LogP contribution in [-0.4, -0.2) is 39.8 Å². The first-order chi connectivity index (χ1) is 12.4. The number of halogens is 2. The largest absolute Gasteiger partial charge is 0.357 e. The van der Waals surface area contributed by atoms with Crippen LogP contribution in [0.1, 0.15) is 44.7 Å². The summed E-state index contributed by atoms with van der Waals surface area (Å²) in [6.45, 7) is 5.43. The lowest BCUT2D eigenvalue weighted by Gasteiger charge is -2.25. The normalized spacial score (nSPS) is 16.2. The van der Waals surface area contributed by atoms with Gasteiger partial charge in [0.25, 0.3) is 0 Å². The first kappa shape index (κ1) is 24.5. The van der Waals surface area contributed by atoms with Crippen LogP contribution >= 0.6 is 35.6 Å². The molecule has 1 unspecified atom stereocenters. The number of benzene rings is 1. The molecule has 27 heavy (non-hydrogen) atoms. The van der Waals surface area contributed by atoms with E-state index >= 15 is 0 Å². The van der Waals surface area contributed by atoms with E-state index in [1.54, 1.807) is 0 Å². The fourth-order valence-corrected chi connectivity index (χ4v) is 3.84. The van der Waals surface area contributed by atoms with Gasteiger partial charge >= 0.3 is 0 Å². The summed E-state index contributed by atoms with van der Waals surface area (Å²) < 4.78 is 26.8. The van der Waals surface area contributed by atoms with Crippen molar-refractivity contribution < 1.29 is 8.42 Å². The SMILES string of the molecule is CCNC(=NCCS(=O)(=O)NCC1CCC1)NC(C)c1cccc(Cl)c1.I. The van der Waals surface area contributed by atoms with Gasteiger partial charge < -0.3 is 10.6 Å². The van der Waals surface area contributed by atoms with Crippen LogP contribution in [-0.2, 0) is 10.0 Å². The van der Waals surface area contributed by atoms with E-state index in [0.29, 0.717) is 30.0 Å². The molecular formula is C18H30ClIN4O2S. The van der Waals surface area contributed by atoms with Crippen molar-refractivity contribution in [3.05, 3.63) is 34.9 Å². The first-order valence-corrected chi connectivity index (χ1v) is 11.2. The first-order valence-electron chi connectivity index (χ1n) is 9.17. The Bertz CT molecular complexity index is 711. The summed E-state index contributed by atoms with van der Waals surface area (Å²) in [4.78, 5) is 4.39. The highest BCUT2D eigenvalue weighted by Crippen LogP contribution is 2.25. The van der Waals surface area contributed by atoms with Crippen molar-refractivity contribution in [2.75, 3.05) is 25.4 Å². The molecule has 1 aromatic carbocycles. The molecule has 1 fully saturated rings. The van der Waals surface area contributed by atoms with E-state index in [9.17, 15) is 8.42 Å². The lowest BCUT2D eigenvalue weighted by Crippen LogP contribution is -2.39. The Morgan fingerprint density at radius 1 is 1.37 bits per heavy atom. The number of nitrogens with one attached hydrogen (secondary N) is 3. The van der Waals surface area contributed by atoms with Crippen molar-refractivity contribution in [3.63, 3.8) is 0 Å². The zero-order chi connectivity index (χ0) is 19.0. The highest BCUT2D eigenvalue weighted by Gasteiger charge is 2.20. The second-order valence-corrected chi connectivity index (χ2v) is 9.01. The maximum atomic E-state index is 12.1. The maximum absolute atomic E-state index is 12.1. The fraction of sp³-hybridized carbons (Fsp3) is 0.611. The third-order valence-electron chi connectivity index (χ3n) is 4.49. The van der Waals surface area contributed by atoms with Crippen LogP contribution in [0, 0.1) is 5.92 Å². The summed E-state index contributed by atoms with van der Waals surface area (Å²) in [5, 5.41) is 7.11. The molecule has 6 nitrogen and oxygen atoms in total. The van der Waals surface area contributed by atoms with Gasteiger partial charge in [0.05, 0.1) is 18.3 Å². The molecule has 0 aromatic heterocycles. The quantitative estimate of drug-likeness (QED) is 0.261. The number of sulfonamides is 1. The summed E-state index contributed by atoms with van der Waals surface area (Å²) in [6, 6.07) is 7.62. The average molecular weight is 529 g/mol. The summed E-state index contributed by atoms with van der Waals surface area (Å²) in [6.07, 6.45) is 3.45. The molecule has 0 amide bonds. The molecule has 2 rings (SSSR count). The van der Waals surface area contributed by atoms with Gasteiger partial charge in [-0.1, -0.05) is 30.2 Å². The summed E-state index contributed by atoms with van der Waals surface area (Å²) in [7, 11) is -3.28. The molecule has 1 aliphatic carbocycles. The minimum absolute atomic E-state index is 0. The smallest absolute Gasteiger partial charge is 0.213 e. The van der Waals surface area contributed by atoms with E-state index in [-0.39, 0.29) is 42.3 Å². The van der Waals surface area contributed by atoms with Crippen molar-refractivity contribution in [1.82, 2.24) is 15.4 Å². The van der Waals surface area contributed by atoms with Gasteiger partial charge in [0.2, 0.25) is 10.0 Å². The molecule has 1 aromatic rings. The van der Waals surface area contributed by atoms with Crippen LogP contribution in [0.3, 0.4) is 0 Å². The van der Waals surface area contributed by atoms with Gasteiger partial charge in [-0.05, 0) is 50.3 Å². The van der Waals surface area contributed by atoms with Crippen LogP contribution in [0.25, 0.3) is 0 Å². The van der Waals surface area contributed by atoms with Gasteiger partial charge in [0.15, 0.2) is 5.96 Å². The Morgan fingerprint density at radius 3 is 2.70 bits per heavy atom. The molecule has 1 aliphatic rings. The molecule has 0 spiro atoms. The van der Waals surface area contributed by atoms with E-state index in [2.05, 4.69) is 20.3 Å². The predicted molar refractivity (Wildman–Crippen MR) is 124 cm³/mol. The number of aliphatic imine (C=N–C) groups is 1. The minimum Gasteiger partial charge on any atom is -0.357 e. The second-order valence-electron chi connectivity index (χ2n) is 6.65. The molecule has 1 atom stereocenters. The van der Waals surface area contributed by atoms with E-state index in [4.69, 9.17) is 11.6 Å². The van der Waals surface area contributed by atoms with Crippen molar-refractivity contribution in [2.24, 2.45) is 10.9 Å². The zero-order valence-corrected chi connectivity index (χ0v) is 19.8. The Labute approximate surface area is 185 Å². The molecular weight excluding hydrogens is 499 g/mol. The summed E-state index contributed by atoms with van der Waals surface area (Å²) >= 11 is 6.04. The number of rotatable bonds is 9. The molecule has 1 saturated carbocycles. The van der Waals surface area contributed by atoms with Crippen molar-refractivity contribution in [2.45, 2.75) is 39.2 Å². The monoisotopic (exact) mass is 528 g/mol. The van der Waals surface area contributed by atoms with Crippen LogP contribution in [0.2, 0.25) is 5.02 Å². The van der Waals surface area contributed by atoms with Gasteiger partial charge in [0, 0.05) is 18.1 Å². The maximum Gasteiger partial charge on any atom is 0.213 e. The fourth-order valence-electron chi connectivity index (χ4n) is 2.68. The third kappa shape index (κ3) is 8.97. The molecule has 0 heterocycles. The molecule has 9 heteroatoms. The molecule has 3 N–H and O–H groups in total. The highest BCUT2D eigenvalue weighted by atomic mass is 127. The number of hydrogen-bond donors (Lipinski definition) is 3. The molecule has 154 valence electrons. The van der Waals surface area contributed by atoms with E-state index in [1.807, 2.05) is 38.1 Å². The average Bonchev–Trinajstić information content (AvgIpc) is 2.53. The molecule has 0 saturated heterocycles. The van der Waals surface area contributed by atoms with Crippen molar-refractivity contribution in [3.8, 4) is 0 Å². The Morgan fingerprint density at radius 2 is 2.11 bits per heavy atom. The van der Waals surface area contributed by atoms with Crippen molar-refractivity contribution in [1.29, 1.82) is 0 Å². The third-order valence-corrected chi connectivity index (χ3v) is 6.05. The Kier molecular flexibility index (Phi) is 10.9. The molecule has 0 radical (unpaired) electrons. The van der Waals surface area contributed by atoms with Gasteiger partial charge in [-0.3, -0.25) is 4.99 Å². The molecule has 0 aliphatic heterocycles. The number of hydrogen-bond acceptors (Lipinski definition) is 3. The lowest BCUT2D eigenvalue weighted by atomic mass is 9.86.